The van der Waals surface area contributed by atoms with E-state index in [1.165, 1.54) is 0 Å². The highest BCUT2D eigenvalue weighted by molar-refractivity contribution is 5.87. The first-order valence-electron chi connectivity index (χ1n) is 4.45. The van der Waals surface area contributed by atoms with Crippen LogP contribution in [0.5, 0.6) is 5.88 Å². The minimum atomic E-state index is 0.434. The van der Waals surface area contributed by atoms with Gasteiger partial charge in [0.05, 0.1) is 6.61 Å². The van der Waals surface area contributed by atoms with Crippen molar-refractivity contribution in [1.82, 2.24) is 9.97 Å². The van der Waals surface area contributed by atoms with Gasteiger partial charge in [-0.15, -0.1) is 0 Å². The summed E-state index contributed by atoms with van der Waals surface area (Å²) in [6.07, 6.45) is 1.67. The molecular formula is C10H11N3O. The summed E-state index contributed by atoms with van der Waals surface area (Å²) in [6, 6.07) is 5.62. The summed E-state index contributed by atoms with van der Waals surface area (Å²) in [7, 11) is 0. The zero-order chi connectivity index (χ0) is 9.97. The number of aromatic nitrogens is 2. The zero-order valence-corrected chi connectivity index (χ0v) is 7.90. The number of ether oxygens (including phenoxy) is 1. The van der Waals surface area contributed by atoms with Gasteiger partial charge in [0.25, 0.3) is 0 Å². The molecule has 0 aliphatic rings. The third-order valence-corrected chi connectivity index (χ3v) is 1.90. The minimum absolute atomic E-state index is 0.434. The Balaban J connectivity index is 2.58. The van der Waals surface area contributed by atoms with Crippen molar-refractivity contribution in [3.8, 4) is 5.88 Å². The second-order valence-corrected chi connectivity index (χ2v) is 2.85. The Bertz CT molecular complexity index is 456. The van der Waals surface area contributed by atoms with E-state index in [2.05, 4.69) is 9.97 Å². The van der Waals surface area contributed by atoms with Crippen LogP contribution in [0.1, 0.15) is 6.92 Å². The molecule has 0 aliphatic carbocycles. The SMILES string of the molecule is CCOc1ccc2ccnc(N)c2n1. The van der Waals surface area contributed by atoms with Crippen LogP contribution in [0.15, 0.2) is 24.4 Å². The molecule has 0 unspecified atom stereocenters. The lowest BCUT2D eigenvalue weighted by atomic mass is 10.2. The van der Waals surface area contributed by atoms with Crippen molar-refractivity contribution in [3.05, 3.63) is 24.4 Å². The van der Waals surface area contributed by atoms with Gasteiger partial charge in [-0.2, -0.15) is 0 Å². The molecule has 2 heterocycles. The predicted molar refractivity (Wildman–Crippen MR) is 55.1 cm³/mol. The molecule has 0 amide bonds. The van der Waals surface area contributed by atoms with Gasteiger partial charge in [-0.3, -0.25) is 0 Å². The molecule has 0 spiro atoms. The maximum atomic E-state index is 5.69. The fourth-order valence-electron chi connectivity index (χ4n) is 1.28. The van der Waals surface area contributed by atoms with Crippen molar-refractivity contribution < 1.29 is 4.74 Å². The molecule has 0 saturated carbocycles. The van der Waals surface area contributed by atoms with Crippen LogP contribution in [-0.2, 0) is 0 Å². The average Bonchev–Trinajstić information content (AvgIpc) is 2.20. The van der Waals surface area contributed by atoms with Crippen LogP contribution in [0, 0.1) is 0 Å². The van der Waals surface area contributed by atoms with Gasteiger partial charge < -0.3 is 10.5 Å². The first-order chi connectivity index (χ1) is 6.81. The number of nitrogens with zero attached hydrogens (tertiary/aromatic N) is 2. The largest absolute Gasteiger partial charge is 0.478 e. The summed E-state index contributed by atoms with van der Waals surface area (Å²) in [5, 5.41) is 0.973. The maximum absolute atomic E-state index is 5.69. The van der Waals surface area contributed by atoms with E-state index in [1.807, 2.05) is 25.1 Å². The topological polar surface area (TPSA) is 61.0 Å². The van der Waals surface area contributed by atoms with E-state index < -0.39 is 0 Å². The van der Waals surface area contributed by atoms with Gasteiger partial charge in [0.15, 0.2) is 0 Å². The van der Waals surface area contributed by atoms with Gasteiger partial charge in [0, 0.05) is 17.6 Å². The quantitative estimate of drug-likeness (QED) is 0.779. The van der Waals surface area contributed by atoms with E-state index in [0.717, 1.165) is 5.39 Å². The van der Waals surface area contributed by atoms with E-state index in [1.54, 1.807) is 6.20 Å². The number of hydrogen-bond acceptors (Lipinski definition) is 4. The van der Waals surface area contributed by atoms with Crippen LogP contribution < -0.4 is 10.5 Å². The van der Waals surface area contributed by atoms with Crippen LogP contribution in [0.4, 0.5) is 5.82 Å². The van der Waals surface area contributed by atoms with Crippen LogP contribution in [-0.4, -0.2) is 16.6 Å². The zero-order valence-electron chi connectivity index (χ0n) is 7.90. The Morgan fingerprint density at radius 2 is 2.21 bits per heavy atom. The Morgan fingerprint density at radius 1 is 1.36 bits per heavy atom. The second kappa shape index (κ2) is 3.49. The van der Waals surface area contributed by atoms with Gasteiger partial charge in [-0.05, 0) is 19.1 Å². The van der Waals surface area contributed by atoms with Crippen molar-refractivity contribution in [3.63, 3.8) is 0 Å². The predicted octanol–water partition coefficient (Wildman–Crippen LogP) is 1.61. The molecule has 0 aromatic carbocycles. The Morgan fingerprint density at radius 3 is 3.00 bits per heavy atom. The van der Waals surface area contributed by atoms with Gasteiger partial charge in [-0.1, -0.05) is 0 Å². The molecule has 72 valence electrons. The lowest BCUT2D eigenvalue weighted by Crippen LogP contribution is -1.97. The number of nitrogens with two attached hydrogens (primary N) is 1. The molecule has 0 saturated heterocycles. The highest BCUT2D eigenvalue weighted by atomic mass is 16.5. The molecule has 2 aromatic heterocycles. The third-order valence-electron chi connectivity index (χ3n) is 1.90. The summed E-state index contributed by atoms with van der Waals surface area (Å²) < 4.78 is 5.27. The molecule has 2 N–H and O–H groups in total. The van der Waals surface area contributed by atoms with Crippen molar-refractivity contribution >= 4 is 16.7 Å². The molecule has 14 heavy (non-hydrogen) atoms. The summed E-state index contributed by atoms with van der Waals surface area (Å²) in [6.45, 7) is 2.51. The third kappa shape index (κ3) is 1.46. The first kappa shape index (κ1) is 8.74. The fourth-order valence-corrected chi connectivity index (χ4v) is 1.28. The lowest BCUT2D eigenvalue weighted by molar-refractivity contribution is 0.328. The second-order valence-electron chi connectivity index (χ2n) is 2.85. The van der Waals surface area contributed by atoms with Crippen molar-refractivity contribution in [2.45, 2.75) is 6.92 Å². The molecule has 0 radical (unpaired) electrons. The number of fused-ring (bicyclic) bond motifs is 1. The van der Waals surface area contributed by atoms with E-state index in [4.69, 9.17) is 10.5 Å². The van der Waals surface area contributed by atoms with Gasteiger partial charge in [0.1, 0.15) is 11.3 Å². The van der Waals surface area contributed by atoms with E-state index in [0.29, 0.717) is 23.8 Å². The molecule has 0 fully saturated rings. The Hall–Kier alpha value is -1.84. The molecule has 0 aliphatic heterocycles. The maximum Gasteiger partial charge on any atom is 0.213 e. The molecule has 2 aromatic rings. The summed E-state index contributed by atoms with van der Waals surface area (Å²) in [5.74, 6) is 1.02. The van der Waals surface area contributed by atoms with E-state index in [-0.39, 0.29) is 0 Å². The normalized spacial score (nSPS) is 10.4. The number of nitrogen functional groups attached to an aromatic ring is 1. The number of anilines is 1. The summed E-state index contributed by atoms with van der Waals surface area (Å²) in [4.78, 5) is 8.22. The lowest BCUT2D eigenvalue weighted by Gasteiger charge is -2.04. The van der Waals surface area contributed by atoms with Crippen LogP contribution in [0.25, 0.3) is 10.9 Å². The smallest absolute Gasteiger partial charge is 0.213 e. The number of hydrogen-bond donors (Lipinski definition) is 1. The molecular weight excluding hydrogens is 178 g/mol. The van der Waals surface area contributed by atoms with Gasteiger partial charge in [0.2, 0.25) is 5.88 Å². The number of rotatable bonds is 2. The molecule has 2 rings (SSSR count). The fraction of sp³-hybridized carbons (Fsp3) is 0.200. The highest BCUT2D eigenvalue weighted by Crippen LogP contribution is 2.19. The molecule has 0 bridgehead atoms. The van der Waals surface area contributed by atoms with Crippen LogP contribution in [0.2, 0.25) is 0 Å². The van der Waals surface area contributed by atoms with E-state index >= 15 is 0 Å². The monoisotopic (exact) mass is 189 g/mol. The van der Waals surface area contributed by atoms with E-state index in [9.17, 15) is 0 Å². The van der Waals surface area contributed by atoms with Crippen LogP contribution in [0.3, 0.4) is 0 Å². The Kier molecular flexibility index (Phi) is 2.18. The minimum Gasteiger partial charge on any atom is -0.478 e. The van der Waals surface area contributed by atoms with Crippen molar-refractivity contribution in [1.29, 1.82) is 0 Å². The molecule has 0 atom stereocenters. The molecule has 4 nitrogen and oxygen atoms in total. The summed E-state index contributed by atoms with van der Waals surface area (Å²) in [5.41, 5.74) is 6.39. The summed E-state index contributed by atoms with van der Waals surface area (Å²) >= 11 is 0. The Labute approximate surface area is 81.7 Å². The van der Waals surface area contributed by atoms with Crippen molar-refractivity contribution in [2.24, 2.45) is 0 Å². The number of pyridine rings is 2. The highest BCUT2D eigenvalue weighted by Gasteiger charge is 2.01. The van der Waals surface area contributed by atoms with Crippen LogP contribution >= 0.6 is 0 Å². The standard InChI is InChI=1S/C10H11N3O/c1-2-14-8-4-3-7-5-6-12-10(11)9(7)13-8/h3-6H,2H2,1H3,(H2,11,12). The van der Waals surface area contributed by atoms with Gasteiger partial charge >= 0.3 is 0 Å². The molecule has 4 heteroatoms. The first-order valence-corrected chi connectivity index (χ1v) is 4.45. The van der Waals surface area contributed by atoms with Crippen molar-refractivity contribution in [2.75, 3.05) is 12.3 Å². The van der Waals surface area contributed by atoms with Gasteiger partial charge in [-0.25, -0.2) is 9.97 Å². The average molecular weight is 189 g/mol.